The summed E-state index contributed by atoms with van der Waals surface area (Å²) in [4.78, 5) is 22.1. The summed E-state index contributed by atoms with van der Waals surface area (Å²) in [5.41, 5.74) is 1.09. The number of urea groups is 1. The fraction of sp³-hybridized carbons (Fsp3) is 0.308. The van der Waals surface area contributed by atoms with E-state index in [1.54, 1.807) is 18.2 Å². The van der Waals surface area contributed by atoms with E-state index in [2.05, 4.69) is 26.2 Å². The maximum atomic E-state index is 11.8. The minimum atomic E-state index is -0.895. The molecule has 0 fully saturated rings. The van der Waals surface area contributed by atoms with Crippen LogP contribution in [0.25, 0.3) is 5.69 Å². The highest BCUT2D eigenvalue weighted by Crippen LogP contribution is 2.25. The van der Waals surface area contributed by atoms with Gasteiger partial charge in [-0.05, 0) is 35.0 Å². The predicted molar refractivity (Wildman–Crippen MR) is 79.6 cm³/mol. The minimum absolute atomic E-state index is 0.00621. The molecule has 2 aromatic rings. The van der Waals surface area contributed by atoms with Gasteiger partial charge in [-0.15, -0.1) is 5.10 Å². The number of carbonyl (C=O) groups excluding carboxylic acids is 1. The first-order valence-corrected chi connectivity index (χ1v) is 6.78. The lowest BCUT2D eigenvalue weighted by Crippen LogP contribution is -2.29. The van der Waals surface area contributed by atoms with E-state index in [1.165, 1.54) is 18.1 Å². The third-order valence-electron chi connectivity index (χ3n) is 2.89. The van der Waals surface area contributed by atoms with E-state index in [-0.39, 0.29) is 13.0 Å². The van der Waals surface area contributed by atoms with Crippen LogP contribution in [0, 0.1) is 0 Å². The fourth-order valence-electron chi connectivity index (χ4n) is 1.84. The number of aromatic nitrogens is 4. The number of anilines is 1. The van der Waals surface area contributed by atoms with Crippen LogP contribution in [0.1, 0.15) is 12.8 Å². The number of amides is 2. The van der Waals surface area contributed by atoms with Crippen molar-refractivity contribution in [2.24, 2.45) is 0 Å². The summed E-state index contributed by atoms with van der Waals surface area (Å²) in [6, 6.07) is 4.58. The molecular formula is C13H16N6O4. The maximum Gasteiger partial charge on any atom is 0.319 e. The summed E-state index contributed by atoms with van der Waals surface area (Å²) < 4.78 is 6.64. The van der Waals surface area contributed by atoms with Crippen molar-refractivity contribution < 1.29 is 19.4 Å². The molecule has 2 rings (SSSR count). The lowest BCUT2D eigenvalue weighted by molar-refractivity contribution is -0.137. The topological polar surface area (TPSA) is 131 Å². The Morgan fingerprint density at radius 3 is 2.87 bits per heavy atom. The van der Waals surface area contributed by atoms with Crippen molar-refractivity contribution in [3.8, 4) is 11.4 Å². The molecule has 1 aromatic heterocycles. The second-order valence-electron chi connectivity index (χ2n) is 4.52. The van der Waals surface area contributed by atoms with Crippen molar-refractivity contribution in [1.29, 1.82) is 0 Å². The van der Waals surface area contributed by atoms with Gasteiger partial charge in [-0.3, -0.25) is 4.79 Å². The van der Waals surface area contributed by atoms with Gasteiger partial charge in [0.1, 0.15) is 17.8 Å². The van der Waals surface area contributed by atoms with Gasteiger partial charge in [-0.1, -0.05) is 0 Å². The molecule has 0 unspecified atom stereocenters. The Balaban J connectivity index is 1.99. The van der Waals surface area contributed by atoms with Gasteiger partial charge in [-0.2, -0.15) is 4.68 Å². The monoisotopic (exact) mass is 320 g/mol. The number of aliphatic carboxylic acids is 1. The number of benzene rings is 1. The van der Waals surface area contributed by atoms with Crippen LogP contribution in [0.2, 0.25) is 0 Å². The number of nitrogens with zero attached hydrogens (tertiary/aromatic N) is 4. The van der Waals surface area contributed by atoms with Gasteiger partial charge < -0.3 is 20.5 Å². The van der Waals surface area contributed by atoms with Gasteiger partial charge in [-0.25, -0.2) is 4.79 Å². The average Bonchev–Trinajstić information content (AvgIpc) is 3.05. The number of ether oxygens (including phenoxy) is 1. The second kappa shape index (κ2) is 7.73. The molecule has 0 aliphatic heterocycles. The van der Waals surface area contributed by atoms with Crippen molar-refractivity contribution in [2.45, 2.75) is 12.8 Å². The number of rotatable bonds is 7. The van der Waals surface area contributed by atoms with E-state index in [0.717, 1.165) is 0 Å². The molecule has 10 heteroatoms. The summed E-state index contributed by atoms with van der Waals surface area (Å²) in [5, 5.41) is 24.7. The summed E-state index contributed by atoms with van der Waals surface area (Å²) in [6.45, 7) is 0.272. The van der Waals surface area contributed by atoms with Gasteiger partial charge in [0.15, 0.2) is 0 Å². The maximum absolute atomic E-state index is 11.8. The van der Waals surface area contributed by atoms with Crippen LogP contribution >= 0.6 is 0 Å². The molecule has 2 amide bonds. The van der Waals surface area contributed by atoms with Crippen LogP contribution < -0.4 is 15.4 Å². The molecule has 1 aromatic carbocycles. The molecule has 0 aliphatic rings. The molecule has 23 heavy (non-hydrogen) atoms. The molecule has 0 spiro atoms. The number of hydrogen-bond acceptors (Lipinski definition) is 6. The van der Waals surface area contributed by atoms with Gasteiger partial charge >= 0.3 is 12.0 Å². The van der Waals surface area contributed by atoms with Crippen LogP contribution in [-0.2, 0) is 4.79 Å². The zero-order valence-electron chi connectivity index (χ0n) is 12.4. The van der Waals surface area contributed by atoms with Crippen molar-refractivity contribution in [2.75, 3.05) is 19.0 Å². The first-order chi connectivity index (χ1) is 11.1. The van der Waals surface area contributed by atoms with Crippen molar-refractivity contribution in [3.63, 3.8) is 0 Å². The number of nitrogens with one attached hydrogen (secondary N) is 2. The number of hydrogen-bond donors (Lipinski definition) is 3. The Kier molecular flexibility index (Phi) is 5.45. The standard InChI is InChI=1S/C13H16N6O4/c1-23-11-5-4-9(7-10(11)19-8-15-17-18-19)16-13(22)14-6-2-3-12(20)21/h4-5,7-8H,2-3,6H2,1H3,(H,20,21)(H2,14,16,22). The highest BCUT2D eigenvalue weighted by molar-refractivity contribution is 5.89. The predicted octanol–water partition coefficient (Wildman–Crippen LogP) is 0.657. The van der Waals surface area contributed by atoms with E-state index in [9.17, 15) is 9.59 Å². The minimum Gasteiger partial charge on any atom is -0.494 e. The van der Waals surface area contributed by atoms with E-state index in [0.29, 0.717) is 23.5 Å². The van der Waals surface area contributed by atoms with Gasteiger partial charge in [0.05, 0.1) is 7.11 Å². The quantitative estimate of drug-likeness (QED) is 0.638. The Morgan fingerprint density at radius 1 is 1.39 bits per heavy atom. The van der Waals surface area contributed by atoms with Crippen LogP contribution in [-0.4, -0.2) is 51.0 Å². The van der Waals surface area contributed by atoms with E-state index >= 15 is 0 Å². The highest BCUT2D eigenvalue weighted by Gasteiger charge is 2.10. The Bertz CT molecular complexity index is 673. The Morgan fingerprint density at radius 2 is 2.22 bits per heavy atom. The van der Waals surface area contributed by atoms with Crippen LogP contribution in [0.4, 0.5) is 10.5 Å². The lowest BCUT2D eigenvalue weighted by Gasteiger charge is -2.11. The first-order valence-electron chi connectivity index (χ1n) is 6.78. The molecule has 122 valence electrons. The summed E-state index contributed by atoms with van der Waals surface area (Å²) >= 11 is 0. The summed E-state index contributed by atoms with van der Waals surface area (Å²) in [6.07, 6.45) is 1.78. The average molecular weight is 320 g/mol. The van der Waals surface area contributed by atoms with Gasteiger partial charge in [0, 0.05) is 18.7 Å². The lowest BCUT2D eigenvalue weighted by atomic mass is 10.2. The SMILES string of the molecule is COc1ccc(NC(=O)NCCCC(=O)O)cc1-n1cnnn1. The number of carboxylic acid groups (broad SMARTS) is 1. The first kappa shape index (κ1) is 16.2. The Labute approximate surface area is 131 Å². The zero-order chi connectivity index (χ0) is 16.7. The molecule has 3 N–H and O–H groups in total. The summed E-state index contributed by atoms with van der Waals surface area (Å²) in [5.74, 6) is -0.349. The molecule has 0 saturated carbocycles. The normalized spacial score (nSPS) is 10.1. The zero-order valence-corrected chi connectivity index (χ0v) is 12.4. The fourth-order valence-corrected chi connectivity index (χ4v) is 1.84. The number of carbonyl (C=O) groups is 2. The number of methoxy groups -OCH3 is 1. The van der Waals surface area contributed by atoms with Crippen molar-refractivity contribution in [1.82, 2.24) is 25.5 Å². The molecule has 0 radical (unpaired) electrons. The smallest absolute Gasteiger partial charge is 0.319 e. The third kappa shape index (κ3) is 4.66. The number of carboxylic acids is 1. The van der Waals surface area contributed by atoms with E-state index in [4.69, 9.17) is 9.84 Å². The van der Waals surface area contributed by atoms with E-state index in [1.807, 2.05) is 0 Å². The van der Waals surface area contributed by atoms with E-state index < -0.39 is 12.0 Å². The van der Waals surface area contributed by atoms with Crippen molar-refractivity contribution >= 4 is 17.7 Å². The Hall–Kier alpha value is -3.17. The molecule has 10 nitrogen and oxygen atoms in total. The molecule has 0 atom stereocenters. The molecule has 0 saturated heterocycles. The van der Waals surface area contributed by atoms with Crippen LogP contribution in [0.3, 0.4) is 0 Å². The van der Waals surface area contributed by atoms with Gasteiger partial charge in [0.2, 0.25) is 0 Å². The van der Waals surface area contributed by atoms with Crippen LogP contribution in [0.15, 0.2) is 24.5 Å². The molecule has 1 heterocycles. The van der Waals surface area contributed by atoms with Crippen LogP contribution in [0.5, 0.6) is 5.75 Å². The van der Waals surface area contributed by atoms with Crippen molar-refractivity contribution in [3.05, 3.63) is 24.5 Å². The second-order valence-corrected chi connectivity index (χ2v) is 4.52. The largest absolute Gasteiger partial charge is 0.494 e. The molecule has 0 aliphatic carbocycles. The highest BCUT2D eigenvalue weighted by atomic mass is 16.5. The summed E-state index contributed by atoms with van der Waals surface area (Å²) in [7, 11) is 1.52. The number of tetrazole rings is 1. The molecular weight excluding hydrogens is 304 g/mol. The van der Waals surface area contributed by atoms with Gasteiger partial charge in [0.25, 0.3) is 0 Å². The third-order valence-corrected chi connectivity index (χ3v) is 2.89. The molecule has 0 bridgehead atoms.